The first-order valence-corrected chi connectivity index (χ1v) is 7.12. The standard InChI is InChI=1S/C16H20N2O/c1-3-11(4-2)12-5-6-14-15(9-12)19-8-7-13-10-17-18-16(13)14/h5-6,9-11H,3-4,7-8H2,1-2H3,(H,17,18). The largest absolute Gasteiger partial charge is 0.493 e. The Hall–Kier alpha value is -1.77. The van der Waals surface area contributed by atoms with Crippen LogP contribution in [0.5, 0.6) is 5.75 Å². The molecule has 2 aromatic rings. The number of rotatable bonds is 3. The summed E-state index contributed by atoms with van der Waals surface area (Å²) in [6.45, 7) is 5.22. The number of aromatic amines is 1. The Morgan fingerprint density at radius 1 is 1.32 bits per heavy atom. The van der Waals surface area contributed by atoms with Crippen LogP contribution in [-0.4, -0.2) is 16.8 Å². The van der Waals surface area contributed by atoms with Crippen molar-refractivity contribution in [2.45, 2.75) is 39.0 Å². The van der Waals surface area contributed by atoms with Gasteiger partial charge in [-0.15, -0.1) is 0 Å². The van der Waals surface area contributed by atoms with E-state index in [1.54, 1.807) is 0 Å². The highest BCUT2D eigenvalue weighted by Gasteiger charge is 2.18. The molecule has 3 nitrogen and oxygen atoms in total. The molecule has 1 aliphatic heterocycles. The molecular weight excluding hydrogens is 236 g/mol. The van der Waals surface area contributed by atoms with E-state index < -0.39 is 0 Å². The number of ether oxygens (including phenoxy) is 1. The fourth-order valence-corrected chi connectivity index (χ4v) is 2.88. The third kappa shape index (κ3) is 2.14. The summed E-state index contributed by atoms with van der Waals surface area (Å²) >= 11 is 0. The van der Waals surface area contributed by atoms with E-state index in [-0.39, 0.29) is 0 Å². The molecule has 2 heterocycles. The average molecular weight is 256 g/mol. The molecule has 0 amide bonds. The highest BCUT2D eigenvalue weighted by molar-refractivity contribution is 5.71. The van der Waals surface area contributed by atoms with E-state index in [4.69, 9.17) is 4.74 Å². The molecule has 0 spiro atoms. The minimum absolute atomic E-state index is 0.624. The Kier molecular flexibility index (Phi) is 3.28. The first kappa shape index (κ1) is 12.3. The topological polar surface area (TPSA) is 37.9 Å². The summed E-state index contributed by atoms with van der Waals surface area (Å²) in [5, 5.41) is 7.25. The van der Waals surface area contributed by atoms with Crippen molar-refractivity contribution in [1.82, 2.24) is 10.2 Å². The molecular formula is C16H20N2O. The number of benzene rings is 1. The number of fused-ring (bicyclic) bond motifs is 3. The van der Waals surface area contributed by atoms with E-state index in [2.05, 4.69) is 42.2 Å². The third-order valence-corrected chi connectivity index (χ3v) is 4.08. The van der Waals surface area contributed by atoms with Gasteiger partial charge >= 0.3 is 0 Å². The quantitative estimate of drug-likeness (QED) is 0.904. The molecule has 0 atom stereocenters. The SMILES string of the molecule is CCC(CC)c1ccc2c(c1)OCCc1cn[nH]c1-2. The summed E-state index contributed by atoms with van der Waals surface area (Å²) in [5.41, 5.74) is 4.88. The molecule has 100 valence electrons. The second-order valence-corrected chi connectivity index (χ2v) is 5.14. The van der Waals surface area contributed by atoms with Crippen LogP contribution in [0.3, 0.4) is 0 Å². The van der Waals surface area contributed by atoms with Gasteiger partial charge in [-0.25, -0.2) is 0 Å². The van der Waals surface area contributed by atoms with Crippen LogP contribution in [0.1, 0.15) is 43.7 Å². The van der Waals surface area contributed by atoms with E-state index >= 15 is 0 Å². The first-order valence-electron chi connectivity index (χ1n) is 7.12. The Balaban J connectivity index is 2.05. The van der Waals surface area contributed by atoms with Gasteiger partial charge in [0.2, 0.25) is 0 Å². The van der Waals surface area contributed by atoms with Crippen LogP contribution in [-0.2, 0) is 6.42 Å². The second kappa shape index (κ2) is 5.08. The van der Waals surface area contributed by atoms with Crippen LogP contribution in [0.15, 0.2) is 24.4 Å². The maximum absolute atomic E-state index is 5.92. The number of H-pyrrole nitrogens is 1. The predicted octanol–water partition coefficient (Wildman–Crippen LogP) is 3.92. The van der Waals surface area contributed by atoms with E-state index in [0.29, 0.717) is 5.92 Å². The van der Waals surface area contributed by atoms with E-state index in [0.717, 1.165) is 30.0 Å². The van der Waals surface area contributed by atoms with E-state index in [1.165, 1.54) is 24.0 Å². The van der Waals surface area contributed by atoms with Gasteiger partial charge in [-0.3, -0.25) is 5.10 Å². The van der Waals surface area contributed by atoms with Crippen molar-refractivity contribution in [2.75, 3.05) is 6.61 Å². The lowest BCUT2D eigenvalue weighted by molar-refractivity contribution is 0.326. The van der Waals surface area contributed by atoms with Crippen molar-refractivity contribution in [1.29, 1.82) is 0 Å². The second-order valence-electron chi connectivity index (χ2n) is 5.14. The lowest BCUT2D eigenvalue weighted by Crippen LogP contribution is -2.00. The van der Waals surface area contributed by atoms with Crippen molar-refractivity contribution in [3.63, 3.8) is 0 Å². The highest BCUT2D eigenvalue weighted by atomic mass is 16.5. The molecule has 19 heavy (non-hydrogen) atoms. The highest BCUT2D eigenvalue weighted by Crippen LogP contribution is 2.37. The average Bonchev–Trinajstić information content (AvgIpc) is 2.82. The molecule has 0 bridgehead atoms. The summed E-state index contributed by atoms with van der Waals surface area (Å²) in [7, 11) is 0. The van der Waals surface area contributed by atoms with Gasteiger partial charge in [-0.1, -0.05) is 19.9 Å². The summed E-state index contributed by atoms with van der Waals surface area (Å²) < 4.78 is 5.92. The Labute approximate surface area is 114 Å². The number of hydrogen-bond donors (Lipinski definition) is 1. The van der Waals surface area contributed by atoms with Gasteiger partial charge in [0, 0.05) is 17.5 Å². The molecule has 1 aromatic carbocycles. The third-order valence-electron chi connectivity index (χ3n) is 4.08. The normalized spacial score (nSPS) is 13.6. The molecule has 0 saturated heterocycles. The zero-order valence-electron chi connectivity index (χ0n) is 11.6. The van der Waals surface area contributed by atoms with Gasteiger partial charge in [0.05, 0.1) is 18.5 Å². The summed E-state index contributed by atoms with van der Waals surface area (Å²) in [6.07, 6.45) is 5.17. The number of nitrogens with one attached hydrogen (secondary N) is 1. The minimum Gasteiger partial charge on any atom is -0.493 e. The zero-order chi connectivity index (χ0) is 13.2. The maximum Gasteiger partial charge on any atom is 0.128 e. The lowest BCUT2D eigenvalue weighted by atomic mass is 9.92. The van der Waals surface area contributed by atoms with Crippen LogP contribution in [0.4, 0.5) is 0 Å². The van der Waals surface area contributed by atoms with Crippen molar-refractivity contribution in [2.24, 2.45) is 0 Å². The zero-order valence-corrected chi connectivity index (χ0v) is 11.6. The predicted molar refractivity (Wildman–Crippen MR) is 76.5 cm³/mol. The molecule has 0 aliphatic carbocycles. The Morgan fingerprint density at radius 3 is 2.95 bits per heavy atom. The van der Waals surface area contributed by atoms with Gasteiger partial charge in [-0.2, -0.15) is 5.10 Å². The summed E-state index contributed by atoms with van der Waals surface area (Å²) in [4.78, 5) is 0. The summed E-state index contributed by atoms with van der Waals surface area (Å²) in [5.74, 6) is 1.62. The van der Waals surface area contributed by atoms with Crippen LogP contribution < -0.4 is 4.74 Å². The Bertz CT molecular complexity index is 570. The smallest absolute Gasteiger partial charge is 0.128 e. The number of aromatic nitrogens is 2. The van der Waals surface area contributed by atoms with Crippen molar-refractivity contribution in [3.05, 3.63) is 35.5 Å². The van der Waals surface area contributed by atoms with Crippen molar-refractivity contribution >= 4 is 0 Å². The molecule has 3 rings (SSSR count). The number of hydrogen-bond acceptors (Lipinski definition) is 2. The van der Waals surface area contributed by atoms with Crippen molar-refractivity contribution in [3.8, 4) is 17.0 Å². The van der Waals surface area contributed by atoms with E-state index in [9.17, 15) is 0 Å². The fraction of sp³-hybridized carbons (Fsp3) is 0.438. The van der Waals surface area contributed by atoms with Crippen LogP contribution in [0.2, 0.25) is 0 Å². The van der Waals surface area contributed by atoms with Crippen LogP contribution in [0, 0.1) is 0 Å². The first-order chi connectivity index (χ1) is 9.33. The van der Waals surface area contributed by atoms with Crippen molar-refractivity contribution < 1.29 is 4.74 Å². The van der Waals surface area contributed by atoms with Crippen LogP contribution in [0.25, 0.3) is 11.3 Å². The van der Waals surface area contributed by atoms with Crippen LogP contribution >= 0.6 is 0 Å². The molecule has 0 radical (unpaired) electrons. The minimum atomic E-state index is 0.624. The molecule has 0 fully saturated rings. The number of nitrogens with zero attached hydrogens (tertiary/aromatic N) is 1. The van der Waals surface area contributed by atoms with Gasteiger partial charge < -0.3 is 4.74 Å². The Morgan fingerprint density at radius 2 is 2.16 bits per heavy atom. The maximum atomic E-state index is 5.92. The monoisotopic (exact) mass is 256 g/mol. The van der Waals surface area contributed by atoms with Gasteiger partial charge in [0.15, 0.2) is 0 Å². The molecule has 1 aliphatic rings. The summed E-state index contributed by atoms with van der Waals surface area (Å²) in [6, 6.07) is 6.62. The van der Waals surface area contributed by atoms with Gasteiger partial charge in [0.1, 0.15) is 5.75 Å². The molecule has 1 N–H and O–H groups in total. The lowest BCUT2D eigenvalue weighted by Gasteiger charge is -2.15. The van der Waals surface area contributed by atoms with Gasteiger partial charge in [0.25, 0.3) is 0 Å². The molecule has 0 unspecified atom stereocenters. The van der Waals surface area contributed by atoms with Gasteiger partial charge in [-0.05, 0) is 36.5 Å². The fourth-order valence-electron chi connectivity index (χ4n) is 2.88. The molecule has 0 saturated carbocycles. The van der Waals surface area contributed by atoms with E-state index in [1.807, 2.05) is 6.20 Å². The molecule has 1 aromatic heterocycles. The molecule has 3 heteroatoms.